The molecule has 30 heavy (non-hydrogen) atoms. The first-order chi connectivity index (χ1) is 14.5. The fraction of sp³-hybridized carbons (Fsp3) is 0.125. The van der Waals surface area contributed by atoms with Gasteiger partial charge in [-0.3, -0.25) is 0 Å². The van der Waals surface area contributed by atoms with Crippen molar-refractivity contribution in [3.05, 3.63) is 106 Å². The van der Waals surface area contributed by atoms with Gasteiger partial charge in [-0.15, -0.1) is 0 Å². The van der Waals surface area contributed by atoms with Crippen molar-refractivity contribution in [2.75, 3.05) is 7.11 Å². The van der Waals surface area contributed by atoms with E-state index in [-0.39, 0.29) is 0 Å². The standard InChI is InChI=1S/C24H22ClNO3S/c1-17-8-14-21(15-9-17)30(28)26-23(19-10-12-20(25)13-11-19)22(24(27)29-2)16-18-6-4-3-5-7-18/h3-16,23,26H,1-2H3/b22-16-/t23-,30?/m0/s1. The van der Waals surface area contributed by atoms with Crippen LogP contribution >= 0.6 is 11.6 Å². The average molecular weight is 440 g/mol. The molecule has 0 saturated heterocycles. The number of nitrogens with one attached hydrogen (secondary N) is 1. The number of carbonyl (C=O) groups excluding carboxylic acids is 1. The van der Waals surface area contributed by atoms with Gasteiger partial charge >= 0.3 is 5.97 Å². The van der Waals surface area contributed by atoms with Gasteiger partial charge in [0, 0.05) is 5.02 Å². The molecule has 0 aromatic heterocycles. The van der Waals surface area contributed by atoms with Crippen LogP contribution in [-0.2, 0) is 20.5 Å². The largest absolute Gasteiger partial charge is 0.466 e. The topological polar surface area (TPSA) is 55.4 Å². The molecule has 3 rings (SSSR count). The van der Waals surface area contributed by atoms with Gasteiger partial charge in [-0.25, -0.2) is 13.7 Å². The highest BCUT2D eigenvalue weighted by atomic mass is 35.5. The Bertz CT molecular complexity index is 1050. The summed E-state index contributed by atoms with van der Waals surface area (Å²) < 4.78 is 21.2. The number of benzene rings is 3. The van der Waals surface area contributed by atoms with Gasteiger partial charge in [0.15, 0.2) is 0 Å². The van der Waals surface area contributed by atoms with Gasteiger partial charge in [0.1, 0.15) is 11.0 Å². The molecule has 0 aliphatic rings. The molecule has 0 saturated carbocycles. The molecule has 0 aliphatic heterocycles. The predicted molar refractivity (Wildman–Crippen MR) is 121 cm³/mol. The molecule has 3 aromatic carbocycles. The number of esters is 1. The lowest BCUT2D eigenvalue weighted by Gasteiger charge is -2.21. The summed E-state index contributed by atoms with van der Waals surface area (Å²) in [4.78, 5) is 13.3. The maximum atomic E-state index is 13.1. The van der Waals surface area contributed by atoms with Crippen molar-refractivity contribution < 1.29 is 13.7 Å². The minimum atomic E-state index is -1.56. The maximum Gasteiger partial charge on any atom is 0.335 e. The van der Waals surface area contributed by atoms with Gasteiger partial charge in [-0.1, -0.05) is 71.8 Å². The molecule has 0 aliphatic carbocycles. The first kappa shape index (κ1) is 22.0. The molecule has 0 spiro atoms. The maximum absolute atomic E-state index is 13.1. The van der Waals surface area contributed by atoms with Crippen molar-refractivity contribution in [1.29, 1.82) is 0 Å². The summed E-state index contributed by atoms with van der Waals surface area (Å²) in [6.07, 6.45) is 1.74. The highest BCUT2D eigenvalue weighted by Gasteiger charge is 2.26. The number of hydrogen-bond donors (Lipinski definition) is 1. The Hall–Kier alpha value is -2.73. The molecule has 0 bridgehead atoms. The Morgan fingerprint density at radius 3 is 2.23 bits per heavy atom. The summed E-state index contributed by atoms with van der Waals surface area (Å²) in [6, 6.07) is 23.2. The number of aryl methyl sites for hydroxylation is 1. The molecular formula is C24H22ClNO3S. The van der Waals surface area contributed by atoms with Crippen LogP contribution in [0.25, 0.3) is 6.08 Å². The lowest BCUT2D eigenvalue weighted by atomic mass is 9.97. The Kier molecular flexibility index (Phi) is 7.57. The number of carbonyl (C=O) groups is 1. The van der Waals surface area contributed by atoms with E-state index < -0.39 is 23.0 Å². The monoisotopic (exact) mass is 439 g/mol. The minimum Gasteiger partial charge on any atom is -0.466 e. The molecule has 1 unspecified atom stereocenters. The Labute approximate surface area is 184 Å². The normalized spacial score (nSPS) is 13.5. The number of rotatable bonds is 7. The molecule has 4 nitrogen and oxygen atoms in total. The fourth-order valence-corrected chi connectivity index (χ4v) is 4.03. The molecule has 3 aromatic rings. The molecule has 0 fully saturated rings. The molecule has 0 heterocycles. The van der Waals surface area contributed by atoms with Crippen LogP contribution in [0.3, 0.4) is 0 Å². The number of halogens is 1. The van der Waals surface area contributed by atoms with Gasteiger partial charge in [0.05, 0.1) is 23.6 Å². The second-order valence-corrected chi connectivity index (χ2v) is 8.37. The highest BCUT2D eigenvalue weighted by Crippen LogP contribution is 2.27. The van der Waals surface area contributed by atoms with Gasteiger partial charge < -0.3 is 4.74 Å². The van der Waals surface area contributed by atoms with Crippen molar-refractivity contribution in [1.82, 2.24) is 4.72 Å². The van der Waals surface area contributed by atoms with Gasteiger partial charge in [-0.05, 0) is 48.4 Å². The fourth-order valence-electron chi connectivity index (χ4n) is 2.91. The van der Waals surface area contributed by atoms with Crippen LogP contribution in [0, 0.1) is 6.92 Å². The van der Waals surface area contributed by atoms with E-state index in [1.807, 2.05) is 49.4 Å². The van der Waals surface area contributed by atoms with Crippen molar-refractivity contribution in [2.24, 2.45) is 0 Å². The SMILES string of the molecule is COC(=O)/C(=C\c1ccccc1)[C@@H](NS(=O)c1ccc(C)cc1)c1ccc(Cl)cc1. The quantitative estimate of drug-likeness (QED) is 0.403. The van der Waals surface area contributed by atoms with Crippen LogP contribution < -0.4 is 4.72 Å². The number of ether oxygens (including phenoxy) is 1. The average Bonchev–Trinajstić information content (AvgIpc) is 2.77. The van der Waals surface area contributed by atoms with E-state index in [1.165, 1.54) is 7.11 Å². The summed E-state index contributed by atoms with van der Waals surface area (Å²) in [5.74, 6) is -0.507. The van der Waals surface area contributed by atoms with E-state index in [9.17, 15) is 9.00 Å². The first-order valence-corrected chi connectivity index (χ1v) is 10.9. The summed E-state index contributed by atoms with van der Waals surface area (Å²) in [7, 11) is -0.226. The highest BCUT2D eigenvalue weighted by molar-refractivity contribution is 7.83. The summed E-state index contributed by atoms with van der Waals surface area (Å²) in [6.45, 7) is 1.97. The first-order valence-electron chi connectivity index (χ1n) is 9.33. The van der Waals surface area contributed by atoms with E-state index in [1.54, 1.807) is 42.5 Å². The summed E-state index contributed by atoms with van der Waals surface area (Å²) in [5, 5.41) is 0.573. The van der Waals surface area contributed by atoms with Gasteiger partial charge in [0.25, 0.3) is 0 Å². The lowest BCUT2D eigenvalue weighted by molar-refractivity contribution is -0.136. The van der Waals surface area contributed by atoms with Crippen molar-refractivity contribution in [3.8, 4) is 0 Å². The van der Waals surface area contributed by atoms with E-state index in [0.29, 0.717) is 15.5 Å². The third-order valence-electron chi connectivity index (χ3n) is 4.52. The van der Waals surface area contributed by atoms with Crippen molar-refractivity contribution in [2.45, 2.75) is 17.9 Å². The molecule has 1 N–H and O–H groups in total. The molecule has 6 heteroatoms. The summed E-state index contributed by atoms with van der Waals surface area (Å²) in [5.41, 5.74) is 2.99. The Morgan fingerprint density at radius 2 is 1.63 bits per heavy atom. The lowest BCUT2D eigenvalue weighted by Crippen LogP contribution is -2.29. The predicted octanol–water partition coefficient (Wildman–Crippen LogP) is 5.26. The van der Waals surface area contributed by atoms with Gasteiger partial charge in [-0.2, -0.15) is 0 Å². The zero-order chi connectivity index (χ0) is 21.5. The van der Waals surface area contributed by atoms with Crippen LogP contribution in [0.5, 0.6) is 0 Å². The second kappa shape index (κ2) is 10.3. The van der Waals surface area contributed by atoms with E-state index >= 15 is 0 Å². The molecular weight excluding hydrogens is 418 g/mol. The van der Waals surface area contributed by atoms with Crippen molar-refractivity contribution in [3.63, 3.8) is 0 Å². The van der Waals surface area contributed by atoms with Crippen LogP contribution in [0.4, 0.5) is 0 Å². The zero-order valence-corrected chi connectivity index (χ0v) is 18.2. The Morgan fingerprint density at radius 1 is 1.00 bits per heavy atom. The van der Waals surface area contributed by atoms with E-state index in [2.05, 4.69) is 4.72 Å². The molecule has 154 valence electrons. The van der Waals surface area contributed by atoms with Gasteiger partial charge in [0.2, 0.25) is 0 Å². The minimum absolute atomic E-state index is 0.339. The van der Waals surface area contributed by atoms with Crippen LogP contribution in [0.1, 0.15) is 22.7 Å². The molecule has 0 radical (unpaired) electrons. The third kappa shape index (κ3) is 5.66. The molecule has 0 amide bonds. The second-order valence-electron chi connectivity index (χ2n) is 6.69. The molecule has 2 atom stereocenters. The smallest absolute Gasteiger partial charge is 0.335 e. The Balaban J connectivity index is 2.05. The van der Waals surface area contributed by atoms with E-state index in [4.69, 9.17) is 16.3 Å². The third-order valence-corrected chi connectivity index (χ3v) is 5.92. The van der Waals surface area contributed by atoms with Crippen LogP contribution in [-0.4, -0.2) is 17.3 Å². The van der Waals surface area contributed by atoms with Crippen LogP contribution in [0.15, 0.2) is 89.3 Å². The number of hydrogen-bond acceptors (Lipinski definition) is 3. The zero-order valence-electron chi connectivity index (χ0n) is 16.7. The van der Waals surface area contributed by atoms with Crippen molar-refractivity contribution >= 4 is 34.6 Å². The van der Waals surface area contributed by atoms with E-state index in [0.717, 1.165) is 16.7 Å². The number of methoxy groups -OCH3 is 1. The van der Waals surface area contributed by atoms with Crippen LogP contribution in [0.2, 0.25) is 5.02 Å². The summed E-state index contributed by atoms with van der Waals surface area (Å²) >= 11 is 6.05.